The van der Waals surface area contributed by atoms with Crippen LogP contribution in [0.4, 0.5) is 11.4 Å². The average molecular weight is 497 g/mol. The van der Waals surface area contributed by atoms with E-state index < -0.39 is 11.9 Å². The van der Waals surface area contributed by atoms with Gasteiger partial charge in [0.05, 0.1) is 11.1 Å². The summed E-state index contributed by atoms with van der Waals surface area (Å²) >= 11 is 0. The van der Waals surface area contributed by atoms with Crippen LogP contribution < -0.4 is 9.80 Å². The summed E-state index contributed by atoms with van der Waals surface area (Å²) in [6.45, 7) is 0.483. The van der Waals surface area contributed by atoms with Gasteiger partial charge in [-0.3, -0.25) is 9.59 Å². The fourth-order valence-electron chi connectivity index (χ4n) is 3.60. The first kappa shape index (κ1) is 26.5. The van der Waals surface area contributed by atoms with Gasteiger partial charge >= 0.3 is 11.9 Å². The lowest BCUT2D eigenvalue weighted by Crippen LogP contribution is -2.52. The number of esters is 2. The highest BCUT2D eigenvalue weighted by Gasteiger charge is 2.25. The van der Waals surface area contributed by atoms with Crippen LogP contribution in [0, 0.1) is 0 Å². The van der Waals surface area contributed by atoms with E-state index in [1.165, 1.54) is 0 Å². The molecular formula is C26H32N4O6. The number of ether oxygens (including phenoxy) is 2. The number of carbonyl (C=O) groups excluding carboxylic acids is 4. The molecule has 2 aromatic rings. The first-order chi connectivity index (χ1) is 17.2. The minimum absolute atomic E-state index is 0.305. The molecule has 1 saturated heterocycles. The van der Waals surface area contributed by atoms with Crippen molar-refractivity contribution in [2.75, 3.05) is 77.4 Å². The van der Waals surface area contributed by atoms with Gasteiger partial charge in [-0.05, 0) is 48.5 Å². The summed E-state index contributed by atoms with van der Waals surface area (Å²) in [6.07, 6.45) is 0. The molecule has 0 aliphatic carbocycles. The molecule has 0 spiro atoms. The van der Waals surface area contributed by atoms with E-state index in [1.807, 2.05) is 38.0 Å². The van der Waals surface area contributed by atoms with Crippen LogP contribution in [0.1, 0.15) is 20.7 Å². The van der Waals surface area contributed by atoms with Gasteiger partial charge in [-0.1, -0.05) is 0 Å². The third-order valence-corrected chi connectivity index (χ3v) is 5.88. The molecule has 2 amide bonds. The Labute approximate surface area is 211 Å². The van der Waals surface area contributed by atoms with Crippen LogP contribution >= 0.6 is 0 Å². The molecule has 1 aliphatic heterocycles. The number of hydrogen-bond donors (Lipinski definition) is 0. The molecule has 0 saturated carbocycles. The van der Waals surface area contributed by atoms with Crippen LogP contribution in [0.15, 0.2) is 48.5 Å². The summed E-state index contributed by atoms with van der Waals surface area (Å²) in [5.74, 6) is -1.79. The maximum atomic E-state index is 12.5. The van der Waals surface area contributed by atoms with Crippen LogP contribution in [0.2, 0.25) is 0 Å². The fourth-order valence-corrected chi connectivity index (χ4v) is 3.60. The SMILES string of the molecule is CN(C)c1ccc(C(=O)OCC(=O)N2CCN(C(=O)COC(=O)c3ccc(N(C)C)cc3)CC2)cc1. The molecule has 192 valence electrons. The van der Waals surface area contributed by atoms with Gasteiger partial charge in [0.15, 0.2) is 13.2 Å². The topological polar surface area (TPSA) is 99.7 Å². The largest absolute Gasteiger partial charge is 0.452 e. The lowest BCUT2D eigenvalue weighted by atomic mass is 10.2. The molecule has 0 atom stereocenters. The van der Waals surface area contributed by atoms with Crippen LogP contribution in [-0.2, 0) is 19.1 Å². The van der Waals surface area contributed by atoms with E-state index in [9.17, 15) is 19.2 Å². The molecule has 0 radical (unpaired) electrons. The zero-order valence-electron chi connectivity index (χ0n) is 21.1. The maximum Gasteiger partial charge on any atom is 0.338 e. The highest BCUT2D eigenvalue weighted by atomic mass is 16.5. The fraction of sp³-hybridized carbons (Fsp3) is 0.385. The molecule has 1 fully saturated rings. The predicted molar refractivity (Wildman–Crippen MR) is 135 cm³/mol. The normalized spacial score (nSPS) is 13.1. The Kier molecular flexibility index (Phi) is 8.88. The summed E-state index contributed by atoms with van der Waals surface area (Å²) in [5.41, 5.74) is 2.63. The summed E-state index contributed by atoms with van der Waals surface area (Å²) in [5, 5.41) is 0. The third-order valence-electron chi connectivity index (χ3n) is 5.88. The Bertz CT molecular complexity index is 987. The summed E-state index contributed by atoms with van der Waals surface area (Å²) < 4.78 is 10.3. The Morgan fingerprint density at radius 3 is 1.19 bits per heavy atom. The quantitative estimate of drug-likeness (QED) is 0.507. The van der Waals surface area contributed by atoms with Gasteiger partial charge in [-0.15, -0.1) is 0 Å². The lowest BCUT2D eigenvalue weighted by Gasteiger charge is -2.34. The molecule has 3 rings (SSSR count). The zero-order chi connectivity index (χ0) is 26.2. The van der Waals surface area contributed by atoms with Crippen molar-refractivity contribution in [2.24, 2.45) is 0 Å². The molecule has 36 heavy (non-hydrogen) atoms. The molecule has 0 N–H and O–H groups in total. The smallest absolute Gasteiger partial charge is 0.338 e. The molecule has 10 nitrogen and oxygen atoms in total. The van der Waals surface area contributed by atoms with Gasteiger partial charge in [0.25, 0.3) is 11.8 Å². The monoisotopic (exact) mass is 496 g/mol. The molecule has 10 heteroatoms. The van der Waals surface area contributed by atoms with Crippen LogP contribution in [-0.4, -0.2) is 101 Å². The van der Waals surface area contributed by atoms with Gasteiger partial charge in [0, 0.05) is 65.7 Å². The van der Waals surface area contributed by atoms with Crippen LogP contribution in [0.25, 0.3) is 0 Å². The van der Waals surface area contributed by atoms with Crippen molar-refractivity contribution in [3.8, 4) is 0 Å². The van der Waals surface area contributed by atoms with Gasteiger partial charge < -0.3 is 29.1 Å². The number of rotatable bonds is 8. The van der Waals surface area contributed by atoms with E-state index in [4.69, 9.17) is 9.47 Å². The van der Waals surface area contributed by atoms with E-state index in [0.717, 1.165) is 11.4 Å². The van der Waals surface area contributed by atoms with Crippen molar-refractivity contribution in [1.82, 2.24) is 9.80 Å². The Morgan fingerprint density at radius 2 is 0.917 bits per heavy atom. The van der Waals surface area contributed by atoms with Gasteiger partial charge in [-0.25, -0.2) is 9.59 Å². The Hall–Kier alpha value is -4.08. The molecule has 0 bridgehead atoms. The molecular weight excluding hydrogens is 464 g/mol. The van der Waals surface area contributed by atoms with Gasteiger partial charge in [-0.2, -0.15) is 0 Å². The Morgan fingerprint density at radius 1 is 0.611 bits per heavy atom. The molecule has 0 unspecified atom stereocenters. The van der Waals surface area contributed by atoms with Crippen LogP contribution in [0.5, 0.6) is 0 Å². The van der Waals surface area contributed by atoms with Crippen LogP contribution in [0.3, 0.4) is 0 Å². The second-order valence-corrected chi connectivity index (χ2v) is 8.80. The van der Waals surface area contributed by atoms with Gasteiger partial charge in [0.1, 0.15) is 0 Å². The van der Waals surface area contributed by atoms with E-state index in [-0.39, 0.29) is 25.0 Å². The van der Waals surface area contributed by atoms with E-state index in [2.05, 4.69) is 0 Å². The molecule has 0 aromatic heterocycles. The predicted octanol–water partition coefficient (Wildman–Crippen LogP) is 1.50. The number of nitrogens with zero attached hydrogens (tertiary/aromatic N) is 4. The first-order valence-corrected chi connectivity index (χ1v) is 11.6. The minimum atomic E-state index is -0.569. The summed E-state index contributed by atoms with van der Waals surface area (Å²) in [7, 11) is 7.60. The number of carbonyl (C=O) groups is 4. The lowest BCUT2D eigenvalue weighted by molar-refractivity contribution is -0.142. The third kappa shape index (κ3) is 6.97. The molecule has 2 aromatic carbocycles. The first-order valence-electron chi connectivity index (χ1n) is 11.6. The highest BCUT2D eigenvalue weighted by molar-refractivity contribution is 5.92. The second-order valence-electron chi connectivity index (χ2n) is 8.80. The highest BCUT2D eigenvalue weighted by Crippen LogP contribution is 2.14. The number of hydrogen-bond acceptors (Lipinski definition) is 8. The Balaban J connectivity index is 1.39. The van der Waals surface area contributed by atoms with E-state index >= 15 is 0 Å². The summed E-state index contributed by atoms with van der Waals surface area (Å²) in [6, 6.07) is 13.8. The minimum Gasteiger partial charge on any atom is -0.452 e. The molecule has 1 heterocycles. The standard InChI is InChI=1S/C26H32N4O6/c1-27(2)21-9-5-19(6-10-21)25(33)35-17-23(31)29-13-15-30(16-14-29)24(32)18-36-26(34)20-7-11-22(12-8-20)28(3)4/h5-12H,13-18H2,1-4H3. The second kappa shape index (κ2) is 12.1. The van der Waals surface area contributed by atoms with Crippen molar-refractivity contribution in [1.29, 1.82) is 0 Å². The van der Waals surface area contributed by atoms with Gasteiger partial charge in [0.2, 0.25) is 0 Å². The van der Waals surface area contributed by atoms with E-state index in [0.29, 0.717) is 37.3 Å². The van der Waals surface area contributed by atoms with Crippen molar-refractivity contribution in [3.05, 3.63) is 59.7 Å². The maximum absolute atomic E-state index is 12.5. The van der Waals surface area contributed by atoms with Crippen molar-refractivity contribution in [3.63, 3.8) is 0 Å². The summed E-state index contributed by atoms with van der Waals surface area (Å²) in [4.78, 5) is 56.3. The number of benzene rings is 2. The number of anilines is 2. The van der Waals surface area contributed by atoms with Crippen molar-refractivity contribution in [2.45, 2.75) is 0 Å². The molecule has 1 aliphatic rings. The average Bonchev–Trinajstić information content (AvgIpc) is 2.90. The van der Waals surface area contributed by atoms with Crippen molar-refractivity contribution < 1.29 is 28.7 Å². The van der Waals surface area contributed by atoms with E-state index in [1.54, 1.807) is 58.3 Å². The zero-order valence-corrected chi connectivity index (χ0v) is 21.1. The number of amides is 2. The van der Waals surface area contributed by atoms with Crippen molar-refractivity contribution >= 4 is 35.1 Å². The number of piperazine rings is 1.